The highest BCUT2D eigenvalue weighted by Gasteiger charge is 2.29. The third-order valence-corrected chi connectivity index (χ3v) is 2.66. The molecule has 0 aromatic carbocycles. The van der Waals surface area contributed by atoms with Crippen LogP contribution in [0.25, 0.3) is 0 Å². The molecule has 2 nitrogen and oxygen atoms in total. The van der Waals surface area contributed by atoms with Gasteiger partial charge in [0, 0.05) is 6.04 Å². The normalized spacial score (nSPS) is 27.9. The molecule has 0 amide bonds. The Morgan fingerprint density at radius 2 is 2.00 bits per heavy atom. The van der Waals surface area contributed by atoms with Crippen molar-refractivity contribution in [1.82, 2.24) is 4.90 Å². The van der Waals surface area contributed by atoms with Gasteiger partial charge in [0.2, 0.25) is 0 Å². The van der Waals surface area contributed by atoms with Crippen LogP contribution in [0.3, 0.4) is 0 Å². The Morgan fingerprint density at radius 1 is 1.38 bits per heavy atom. The second-order valence-electron chi connectivity index (χ2n) is 5.13. The van der Waals surface area contributed by atoms with E-state index in [1.54, 1.807) is 0 Å². The van der Waals surface area contributed by atoms with Crippen molar-refractivity contribution in [2.45, 2.75) is 58.3 Å². The number of ether oxygens (including phenoxy) is 1. The predicted molar refractivity (Wildman–Crippen MR) is 56.0 cm³/mol. The fourth-order valence-electron chi connectivity index (χ4n) is 2.17. The van der Waals surface area contributed by atoms with E-state index in [2.05, 4.69) is 39.6 Å². The van der Waals surface area contributed by atoms with Crippen molar-refractivity contribution in [1.29, 1.82) is 0 Å². The minimum absolute atomic E-state index is 0.0111. The molecule has 1 fully saturated rings. The molecule has 1 saturated heterocycles. The summed E-state index contributed by atoms with van der Waals surface area (Å²) in [7, 11) is 2.19. The van der Waals surface area contributed by atoms with Crippen molar-refractivity contribution >= 4 is 0 Å². The fraction of sp³-hybridized carbons (Fsp3) is 1.00. The molecule has 1 heterocycles. The van der Waals surface area contributed by atoms with Gasteiger partial charge in [-0.2, -0.15) is 0 Å². The summed E-state index contributed by atoms with van der Waals surface area (Å²) >= 11 is 0. The monoisotopic (exact) mass is 185 g/mol. The van der Waals surface area contributed by atoms with Gasteiger partial charge in [0.05, 0.1) is 11.7 Å². The molecule has 1 aliphatic rings. The molecule has 2 heteroatoms. The van der Waals surface area contributed by atoms with E-state index in [4.69, 9.17) is 4.74 Å². The van der Waals surface area contributed by atoms with E-state index in [1.165, 1.54) is 19.4 Å². The molecule has 0 spiro atoms. The Kier molecular flexibility index (Phi) is 3.36. The SMILES string of the molecule is C[C@H](OC(C)(C)C)C1CCCN1C. The van der Waals surface area contributed by atoms with Crippen molar-refractivity contribution in [3.8, 4) is 0 Å². The third kappa shape index (κ3) is 3.28. The molecule has 1 rings (SSSR count). The highest BCUT2D eigenvalue weighted by atomic mass is 16.5. The Balaban J connectivity index is 2.43. The van der Waals surface area contributed by atoms with Crippen LogP contribution in [0.5, 0.6) is 0 Å². The van der Waals surface area contributed by atoms with Crippen LogP contribution in [0.1, 0.15) is 40.5 Å². The number of rotatable bonds is 2. The summed E-state index contributed by atoms with van der Waals surface area (Å²) in [6, 6.07) is 0.624. The van der Waals surface area contributed by atoms with Gasteiger partial charge < -0.3 is 9.64 Å². The second kappa shape index (κ2) is 3.97. The van der Waals surface area contributed by atoms with Crippen LogP contribution in [0.4, 0.5) is 0 Å². The number of likely N-dealkylation sites (tertiary alicyclic amines) is 1. The maximum absolute atomic E-state index is 5.95. The summed E-state index contributed by atoms with van der Waals surface area (Å²) in [5, 5.41) is 0. The molecule has 1 unspecified atom stereocenters. The molecule has 0 bridgehead atoms. The molecular formula is C11H23NO. The molecule has 2 atom stereocenters. The third-order valence-electron chi connectivity index (χ3n) is 2.66. The fourth-order valence-corrected chi connectivity index (χ4v) is 2.17. The van der Waals surface area contributed by atoms with Gasteiger partial charge in [0.1, 0.15) is 0 Å². The summed E-state index contributed by atoms with van der Waals surface area (Å²) in [5.41, 5.74) is -0.0111. The Hall–Kier alpha value is -0.0800. The van der Waals surface area contributed by atoms with E-state index in [1.807, 2.05) is 0 Å². The maximum atomic E-state index is 5.95. The van der Waals surface area contributed by atoms with Gasteiger partial charge >= 0.3 is 0 Å². The average molecular weight is 185 g/mol. The molecule has 0 saturated carbocycles. The van der Waals surface area contributed by atoms with Crippen molar-refractivity contribution in [3.63, 3.8) is 0 Å². The summed E-state index contributed by atoms with van der Waals surface area (Å²) in [4.78, 5) is 2.41. The predicted octanol–water partition coefficient (Wildman–Crippen LogP) is 2.28. The highest BCUT2D eigenvalue weighted by molar-refractivity contribution is 4.82. The minimum atomic E-state index is -0.0111. The Morgan fingerprint density at radius 3 is 2.38 bits per heavy atom. The zero-order chi connectivity index (χ0) is 10.1. The summed E-state index contributed by atoms with van der Waals surface area (Å²) in [5.74, 6) is 0. The first-order valence-electron chi connectivity index (χ1n) is 5.28. The topological polar surface area (TPSA) is 12.5 Å². The Bertz CT molecular complexity index is 162. The first-order chi connectivity index (χ1) is 5.90. The van der Waals surface area contributed by atoms with Crippen LogP contribution < -0.4 is 0 Å². The van der Waals surface area contributed by atoms with E-state index < -0.39 is 0 Å². The summed E-state index contributed by atoms with van der Waals surface area (Å²) < 4.78 is 5.95. The highest BCUT2D eigenvalue weighted by Crippen LogP contribution is 2.23. The van der Waals surface area contributed by atoms with Gasteiger partial charge in [-0.25, -0.2) is 0 Å². The standard InChI is InChI=1S/C11H23NO/c1-9(13-11(2,3)4)10-7-6-8-12(10)5/h9-10H,6-8H2,1-5H3/t9-,10?/m0/s1. The van der Waals surface area contributed by atoms with Crippen LogP contribution in [0.2, 0.25) is 0 Å². The largest absolute Gasteiger partial charge is 0.371 e. The van der Waals surface area contributed by atoms with E-state index in [-0.39, 0.29) is 5.60 Å². The maximum Gasteiger partial charge on any atom is 0.0709 e. The van der Waals surface area contributed by atoms with Crippen LogP contribution >= 0.6 is 0 Å². The van der Waals surface area contributed by atoms with E-state index in [0.717, 1.165) is 0 Å². The Labute approximate surface area is 82.3 Å². The van der Waals surface area contributed by atoms with Crippen molar-refractivity contribution in [2.24, 2.45) is 0 Å². The first-order valence-corrected chi connectivity index (χ1v) is 5.28. The lowest BCUT2D eigenvalue weighted by molar-refractivity contribution is -0.0776. The van der Waals surface area contributed by atoms with Gasteiger partial charge in [-0.1, -0.05) is 0 Å². The summed E-state index contributed by atoms with van der Waals surface area (Å²) in [6.45, 7) is 9.79. The molecule has 0 radical (unpaired) electrons. The van der Waals surface area contributed by atoms with Crippen molar-refractivity contribution in [2.75, 3.05) is 13.6 Å². The zero-order valence-electron chi connectivity index (χ0n) is 9.63. The van der Waals surface area contributed by atoms with Crippen LogP contribution in [0, 0.1) is 0 Å². The molecule has 1 aliphatic heterocycles. The molecule has 13 heavy (non-hydrogen) atoms. The van der Waals surface area contributed by atoms with E-state index in [9.17, 15) is 0 Å². The number of likely N-dealkylation sites (N-methyl/N-ethyl adjacent to an activating group) is 1. The molecule has 0 aromatic rings. The lowest BCUT2D eigenvalue weighted by Gasteiger charge is -2.32. The van der Waals surface area contributed by atoms with Crippen molar-refractivity contribution in [3.05, 3.63) is 0 Å². The van der Waals surface area contributed by atoms with Gasteiger partial charge in [-0.3, -0.25) is 0 Å². The first kappa shape index (κ1) is 11.0. The lowest BCUT2D eigenvalue weighted by atomic mass is 10.1. The summed E-state index contributed by atoms with van der Waals surface area (Å²) in [6.07, 6.45) is 2.96. The van der Waals surface area contributed by atoms with Crippen LogP contribution in [-0.4, -0.2) is 36.2 Å². The van der Waals surface area contributed by atoms with Gasteiger partial charge in [0.15, 0.2) is 0 Å². The quantitative estimate of drug-likeness (QED) is 0.654. The van der Waals surface area contributed by atoms with Crippen LogP contribution in [-0.2, 0) is 4.74 Å². The zero-order valence-corrected chi connectivity index (χ0v) is 9.63. The average Bonchev–Trinajstić information content (AvgIpc) is 2.30. The number of nitrogens with zero attached hydrogens (tertiary/aromatic N) is 1. The van der Waals surface area contributed by atoms with Gasteiger partial charge in [0.25, 0.3) is 0 Å². The smallest absolute Gasteiger partial charge is 0.0709 e. The van der Waals surface area contributed by atoms with Crippen LogP contribution in [0.15, 0.2) is 0 Å². The second-order valence-corrected chi connectivity index (χ2v) is 5.13. The van der Waals surface area contributed by atoms with E-state index >= 15 is 0 Å². The molecular weight excluding hydrogens is 162 g/mol. The van der Waals surface area contributed by atoms with Gasteiger partial charge in [-0.05, 0) is 54.1 Å². The molecule has 0 aromatic heterocycles. The van der Waals surface area contributed by atoms with Crippen molar-refractivity contribution < 1.29 is 4.74 Å². The molecule has 0 N–H and O–H groups in total. The molecule has 78 valence electrons. The lowest BCUT2D eigenvalue weighted by Crippen LogP contribution is -2.40. The molecule has 0 aliphatic carbocycles. The van der Waals surface area contributed by atoms with Gasteiger partial charge in [-0.15, -0.1) is 0 Å². The minimum Gasteiger partial charge on any atom is -0.371 e. The number of hydrogen-bond donors (Lipinski definition) is 0. The van der Waals surface area contributed by atoms with E-state index in [0.29, 0.717) is 12.1 Å². The number of hydrogen-bond acceptors (Lipinski definition) is 2.